The van der Waals surface area contributed by atoms with Crippen molar-refractivity contribution in [1.82, 2.24) is 15.3 Å². The van der Waals surface area contributed by atoms with E-state index in [9.17, 15) is 8.42 Å². The number of rotatable bonds is 3. The van der Waals surface area contributed by atoms with Crippen molar-refractivity contribution in [3.8, 4) is 0 Å². The summed E-state index contributed by atoms with van der Waals surface area (Å²) in [4.78, 5) is 8.17. The van der Waals surface area contributed by atoms with Crippen LogP contribution >= 0.6 is 0 Å². The largest absolute Gasteiger partial charge is 0.305 e. The van der Waals surface area contributed by atoms with Crippen LogP contribution in [0.25, 0.3) is 0 Å². The highest BCUT2D eigenvalue weighted by Gasteiger charge is 2.28. The topological polar surface area (TPSA) is 72.0 Å². The number of aromatic nitrogens is 2. The lowest BCUT2D eigenvalue weighted by atomic mass is 10.2. The van der Waals surface area contributed by atoms with Crippen molar-refractivity contribution in [3.05, 3.63) is 24.3 Å². The van der Waals surface area contributed by atoms with Crippen molar-refractivity contribution in [2.45, 2.75) is 25.4 Å². The minimum Gasteiger partial charge on any atom is -0.305 e. The minimum atomic E-state index is -2.82. The molecular weight excluding hydrogens is 226 g/mol. The number of nitrogens with one attached hydrogen (secondary N) is 1. The Kier molecular flexibility index (Phi) is 3.20. The van der Waals surface area contributed by atoms with E-state index in [0.717, 1.165) is 5.69 Å². The van der Waals surface area contributed by atoms with Gasteiger partial charge in [0.15, 0.2) is 9.84 Å². The molecule has 1 aliphatic heterocycles. The molecule has 1 aromatic heterocycles. The van der Waals surface area contributed by atoms with Crippen molar-refractivity contribution in [3.63, 3.8) is 0 Å². The van der Waals surface area contributed by atoms with Crippen LogP contribution < -0.4 is 5.32 Å². The molecule has 88 valence electrons. The third-order valence-electron chi connectivity index (χ3n) is 2.74. The Labute approximate surface area is 95.2 Å². The first-order valence-corrected chi connectivity index (χ1v) is 7.11. The summed E-state index contributed by atoms with van der Waals surface area (Å²) in [7, 11) is -2.82. The number of hydrogen-bond acceptors (Lipinski definition) is 5. The van der Waals surface area contributed by atoms with Gasteiger partial charge in [0.05, 0.1) is 17.2 Å². The molecule has 0 aliphatic carbocycles. The molecule has 6 heteroatoms. The van der Waals surface area contributed by atoms with Crippen LogP contribution in [0.5, 0.6) is 0 Å². The van der Waals surface area contributed by atoms with E-state index in [1.54, 1.807) is 18.6 Å². The molecule has 1 aromatic rings. The summed E-state index contributed by atoms with van der Waals surface area (Å²) in [6.45, 7) is 1.97. The number of sulfone groups is 1. The van der Waals surface area contributed by atoms with Crippen molar-refractivity contribution < 1.29 is 8.42 Å². The van der Waals surface area contributed by atoms with Gasteiger partial charge in [0.2, 0.25) is 0 Å². The molecule has 1 saturated heterocycles. The Morgan fingerprint density at radius 2 is 2.31 bits per heavy atom. The van der Waals surface area contributed by atoms with Crippen LogP contribution in [0.3, 0.4) is 0 Å². The number of hydrogen-bond donors (Lipinski definition) is 1. The van der Waals surface area contributed by atoms with Crippen LogP contribution in [-0.2, 0) is 9.84 Å². The molecule has 0 amide bonds. The first kappa shape index (κ1) is 11.5. The average Bonchev–Trinajstić information content (AvgIpc) is 2.59. The molecule has 5 nitrogen and oxygen atoms in total. The zero-order valence-electron chi connectivity index (χ0n) is 9.13. The van der Waals surface area contributed by atoms with Gasteiger partial charge in [-0.3, -0.25) is 9.97 Å². The van der Waals surface area contributed by atoms with Crippen LogP contribution in [-0.4, -0.2) is 35.9 Å². The smallest absolute Gasteiger partial charge is 0.151 e. The second-order valence-corrected chi connectivity index (χ2v) is 6.35. The maximum atomic E-state index is 11.3. The first-order chi connectivity index (χ1) is 7.57. The van der Waals surface area contributed by atoms with Crippen LogP contribution in [0.2, 0.25) is 0 Å². The van der Waals surface area contributed by atoms with Gasteiger partial charge in [-0.15, -0.1) is 0 Å². The lowest BCUT2D eigenvalue weighted by Gasteiger charge is -2.17. The van der Waals surface area contributed by atoms with Crippen LogP contribution in [0.15, 0.2) is 18.6 Å². The molecule has 2 atom stereocenters. The summed E-state index contributed by atoms with van der Waals surface area (Å²) in [5.74, 6) is 0.523. The van der Waals surface area contributed by atoms with Crippen molar-refractivity contribution in [2.24, 2.45) is 0 Å². The van der Waals surface area contributed by atoms with E-state index in [1.165, 1.54) is 0 Å². The zero-order valence-corrected chi connectivity index (χ0v) is 9.94. The molecule has 0 spiro atoms. The predicted octanol–water partition coefficient (Wildman–Crippen LogP) is 0.314. The second kappa shape index (κ2) is 4.47. The molecule has 1 aliphatic rings. The van der Waals surface area contributed by atoms with Gasteiger partial charge in [0.1, 0.15) is 0 Å². The molecular formula is C10H15N3O2S. The third kappa shape index (κ3) is 2.76. The molecule has 1 N–H and O–H groups in total. The normalized spacial score (nSPS) is 25.4. The lowest BCUT2D eigenvalue weighted by molar-refractivity contribution is 0.476. The SMILES string of the molecule is CC(NC1CCS(=O)(=O)C1)c1cnccn1. The summed E-state index contributed by atoms with van der Waals surface area (Å²) < 4.78 is 22.6. The zero-order chi connectivity index (χ0) is 11.6. The third-order valence-corrected chi connectivity index (χ3v) is 4.51. The van der Waals surface area contributed by atoms with Gasteiger partial charge in [-0.1, -0.05) is 0 Å². The molecule has 0 saturated carbocycles. The van der Waals surface area contributed by atoms with E-state index >= 15 is 0 Å². The van der Waals surface area contributed by atoms with Crippen LogP contribution in [0.1, 0.15) is 25.1 Å². The van der Waals surface area contributed by atoms with E-state index in [1.807, 2.05) is 6.92 Å². The van der Waals surface area contributed by atoms with E-state index in [4.69, 9.17) is 0 Å². The first-order valence-electron chi connectivity index (χ1n) is 5.29. The second-order valence-electron chi connectivity index (χ2n) is 4.12. The monoisotopic (exact) mass is 241 g/mol. The van der Waals surface area contributed by atoms with E-state index in [-0.39, 0.29) is 23.6 Å². The van der Waals surface area contributed by atoms with Crippen molar-refractivity contribution in [2.75, 3.05) is 11.5 Å². The Balaban J connectivity index is 1.96. The fourth-order valence-electron chi connectivity index (χ4n) is 1.90. The summed E-state index contributed by atoms with van der Waals surface area (Å²) in [5.41, 5.74) is 0.840. The molecule has 1 fully saturated rings. The highest BCUT2D eigenvalue weighted by atomic mass is 32.2. The Bertz CT molecular complexity index is 446. The molecule has 0 bridgehead atoms. The summed E-state index contributed by atoms with van der Waals surface area (Å²) in [6, 6.07) is 0.0778. The number of nitrogens with zero attached hydrogens (tertiary/aromatic N) is 2. The van der Waals surface area contributed by atoms with Gasteiger partial charge in [-0.2, -0.15) is 0 Å². The van der Waals surface area contributed by atoms with Gasteiger partial charge in [-0.25, -0.2) is 8.42 Å². The van der Waals surface area contributed by atoms with Crippen molar-refractivity contribution in [1.29, 1.82) is 0 Å². The Morgan fingerprint density at radius 3 is 2.88 bits per heavy atom. The quantitative estimate of drug-likeness (QED) is 0.825. The Hall–Kier alpha value is -1.01. The summed E-state index contributed by atoms with van der Waals surface area (Å²) in [6.07, 6.45) is 5.64. The molecule has 2 heterocycles. The van der Waals surface area contributed by atoms with Gasteiger partial charge in [0, 0.05) is 30.7 Å². The molecule has 2 unspecified atom stereocenters. The average molecular weight is 241 g/mol. The maximum Gasteiger partial charge on any atom is 0.151 e. The fourth-order valence-corrected chi connectivity index (χ4v) is 3.59. The lowest BCUT2D eigenvalue weighted by Crippen LogP contribution is -2.32. The maximum absolute atomic E-state index is 11.3. The van der Waals surface area contributed by atoms with Crippen molar-refractivity contribution >= 4 is 9.84 Å². The van der Waals surface area contributed by atoms with Gasteiger partial charge in [0.25, 0.3) is 0 Å². The minimum absolute atomic E-state index is 0.0343. The van der Waals surface area contributed by atoms with Crippen LogP contribution in [0, 0.1) is 0 Å². The van der Waals surface area contributed by atoms with Gasteiger partial charge in [-0.05, 0) is 13.3 Å². The standard InChI is InChI=1S/C10H15N3O2S/c1-8(10-6-11-3-4-12-10)13-9-2-5-16(14,15)7-9/h3-4,6,8-9,13H,2,5,7H2,1H3. The van der Waals surface area contributed by atoms with Crippen LogP contribution in [0.4, 0.5) is 0 Å². The highest BCUT2D eigenvalue weighted by molar-refractivity contribution is 7.91. The van der Waals surface area contributed by atoms with E-state index in [0.29, 0.717) is 6.42 Å². The summed E-state index contributed by atoms with van der Waals surface area (Å²) in [5, 5.41) is 3.27. The van der Waals surface area contributed by atoms with E-state index in [2.05, 4.69) is 15.3 Å². The van der Waals surface area contributed by atoms with Gasteiger partial charge >= 0.3 is 0 Å². The fraction of sp³-hybridized carbons (Fsp3) is 0.600. The van der Waals surface area contributed by atoms with Gasteiger partial charge < -0.3 is 5.32 Å². The predicted molar refractivity (Wildman–Crippen MR) is 60.6 cm³/mol. The molecule has 16 heavy (non-hydrogen) atoms. The van der Waals surface area contributed by atoms with E-state index < -0.39 is 9.84 Å². The Morgan fingerprint density at radius 1 is 1.50 bits per heavy atom. The molecule has 2 rings (SSSR count). The summed E-state index contributed by atoms with van der Waals surface area (Å²) >= 11 is 0. The highest BCUT2D eigenvalue weighted by Crippen LogP contribution is 2.16. The molecule has 0 aromatic carbocycles. The molecule has 0 radical (unpaired) electrons.